The van der Waals surface area contributed by atoms with Gasteiger partial charge < -0.3 is 15.2 Å². The molecule has 108 valence electrons. The van der Waals surface area contributed by atoms with Crippen molar-refractivity contribution in [1.29, 1.82) is 0 Å². The topological polar surface area (TPSA) is 58.6 Å². The Morgan fingerprint density at radius 2 is 2.24 bits per heavy atom. The van der Waals surface area contributed by atoms with E-state index < -0.39 is 0 Å². The Labute approximate surface area is 127 Å². The summed E-state index contributed by atoms with van der Waals surface area (Å²) in [6.07, 6.45) is 0. The Kier molecular flexibility index (Phi) is 4.99. The molecule has 0 aliphatic rings. The van der Waals surface area contributed by atoms with Crippen LogP contribution in [0.3, 0.4) is 0 Å². The zero-order valence-corrected chi connectivity index (χ0v) is 12.6. The molecule has 1 amide bonds. The lowest BCUT2D eigenvalue weighted by Gasteiger charge is -2.09. The number of aliphatic hydroxyl groups is 1. The largest absolute Gasteiger partial charge is 0.497 e. The molecule has 0 aliphatic heterocycles. The van der Waals surface area contributed by atoms with Crippen LogP contribution in [0.25, 0.3) is 0 Å². The van der Waals surface area contributed by atoms with Crippen LogP contribution < -0.4 is 10.1 Å². The van der Waals surface area contributed by atoms with Gasteiger partial charge in [-0.25, -0.2) is 0 Å². The van der Waals surface area contributed by atoms with Gasteiger partial charge in [-0.05, 0) is 36.8 Å². The SMILES string of the molecule is COc1ccc(NC(=O)c2csc(C#CCO)c2)c(C)c1. The Morgan fingerprint density at radius 3 is 2.90 bits per heavy atom. The fourth-order valence-electron chi connectivity index (χ4n) is 1.75. The Bertz CT molecular complexity index is 710. The zero-order valence-electron chi connectivity index (χ0n) is 11.8. The summed E-state index contributed by atoms with van der Waals surface area (Å²) in [4.78, 5) is 12.9. The van der Waals surface area contributed by atoms with Crippen molar-refractivity contribution in [2.45, 2.75) is 6.92 Å². The van der Waals surface area contributed by atoms with Gasteiger partial charge in [0.2, 0.25) is 0 Å². The third-order valence-electron chi connectivity index (χ3n) is 2.83. The van der Waals surface area contributed by atoms with Crippen LogP contribution in [0.4, 0.5) is 5.69 Å². The second-order valence-electron chi connectivity index (χ2n) is 4.29. The Hall–Kier alpha value is -2.29. The van der Waals surface area contributed by atoms with Gasteiger partial charge in [0.1, 0.15) is 12.4 Å². The van der Waals surface area contributed by atoms with E-state index in [4.69, 9.17) is 9.84 Å². The summed E-state index contributed by atoms with van der Waals surface area (Å²) in [7, 11) is 1.60. The lowest BCUT2D eigenvalue weighted by Crippen LogP contribution is -2.11. The maximum Gasteiger partial charge on any atom is 0.256 e. The first-order valence-electron chi connectivity index (χ1n) is 6.28. The number of hydrogen-bond donors (Lipinski definition) is 2. The van der Waals surface area contributed by atoms with Gasteiger partial charge in [-0.1, -0.05) is 11.8 Å². The average Bonchev–Trinajstić information content (AvgIpc) is 2.96. The van der Waals surface area contributed by atoms with E-state index in [1.807, 2.05) is 19.1 Å². The lowest BCUT2D eigenvalue weighted by molar-refractivity contribution is 0.102. The third-order valence-corrected chi connectivity index (χ3v) is 3.68. The van der Waals surface area contributed by atoms with Gasteiger partial charge in [0.25, 0.3) is 5.91 Å². The summed E-state index contributed by atoms with van der Waals surface area (Å²) in [6, 6.07) is 7.18. The molecule has 0 saturated heterocycles. The molecule has 2 aromatic rings. The van der Waals surface area contributed by atoms with E-state index in [0.29, 0.717) is 5.56 Å². The molecule has 0 atom stereocenters. The molecule has 0 fully saturated rings. The van der Waals surface area contributed by atoms with Crippen molar-refractivity contribution in [2.24, 2.45) is 0 Å². The molecule has 2 N–H and O–H groups in total. The van der Waals surface area contributed by atoms with Gasteiger partial charge >= 0.3 is 0 Å². The molecule has 0 spiro atoms. The van der Waals surface area contributed by atoms with Crippen LogP contribution in [0.1, 0.15) is 20.8 Å². The molecular weight excluding hydrogens is 286 g/mol. The molecule has 1 aromatic heterocycles. The van der Waals surface area contributed by atoms with Crippen molar-refractivity contribution in [1.82, 2.24) is 0 Å². The summed E-state index contributed by atoms with van der Waals surface area (Å²) < 4.78 is 5.13. The lowest BCUT2D eigenvalue weighted by atomic mass is 10.2. The highest BCUT2D eigenvalue weighted by Crippen LogP contribution is 2.22. The predicted octanol–water partition coefficient (Wildman–Crippen LogP) is 2.66. The van der Waals surface area contributed by atoms with Crippen LogP contribution in [0.2, 0.25) is 0 Å². The quantitative estimate of drug-likeness (QED) is 0.857. The molecule has 0 bridgehead atoms. The summed E-state index contributed by atoms with van der Waals surface area (Å²) in [6.45, 7) is 1.72. The molecule has 1 heterocycles. The number of aliphatic hydroxyl groups excluding tert-OH is 1. The maximum atomic E-state index is 12.2. The molecular formula is C16H15NO3S. The number of thiophene rings is 1. The second kappa shape index (κ2) is 6.93. The average molecular weight is 301 g/mol. The molecule has 0 radical (unpaired) electrons. The number of hydrogen-bond acceptors (Lipinski definition) is 4. The summed E-state index contributed by atoms with van der Waals surface area (Å²) >= 11 is 1.37. The van der Waals surface area contributed by atoms with Gasteiger partial charge in [0.15, 0.2) is 0 Å². The molecule has 4 nitrogen and oxygen atoms in total. The first-order chi connectivity index (χ1) is 10.1. The maximum absolute atomic E-state index is 12.2. The highest BCUT2D eigenvalue weighted by atomic mass is 32.1. The number of amides is 1. The van der Waals surface area contributed by atoms with Crippen molar-refractivity contribution in [3.05, 3.63) is 45.6 Å². The van der Waals surface area contributed by atoms with E-state index >= 15 is 0 Å². The highest BCUT2D eigenvalue weighted by molar-refractivity contribution is 7.10. The van der Waals surface area contributed by atoms with E-state index in [-0.39, 0.29) is 12.5 Å². The molecule has 0 aliphatic carbocycles. The van der Waals surface area contributed by atoms with Crippen LogP contribution in [0, 0.1) is 18.8 Å². The summed E-state index contributed by atoms with van der Waals surface area (Å²) in [5.74, 6) is 5.91. The van der Waals surface area contributed by atoms with Gasteiger partial charge in [0, 0.05) is 11.1 Å². The molecule has 21 heavy (non-hydrogen) atoms. The van der Waals surface area contributed by atoms with Crippen LogP contribution in [0.5, 0.6) is 5.75 Å². The Balaban J connectivity index is 2.12. The first kappa shape index (κ1) is 15.1. The minimum absolute atomic E-state index is 0.184. The summed E-state index contributed by atoms with van der Waals surface area (Å²) in [5, 5.41) is 13.3. The van der Waals surface area contributed by atoms with E-state index in [0.717, 1.165) is 21.9 Å². The molecule has 0 saturated carbocycles. The van der Waals surface area contributed by atoms with Crippen molar-refractivity contribution in [3.63, 3.8) is 0 Å². The van der Waals surface area contributed by atoms with E-state index in [1.54, 1.807) is 24.6 Å². The fraction of sp³-hybridized carbons (Fsp3) is 0.188. The van der Waals surface area contributed by atoms with Crippen molar-refractivity contribution in [2.75, 3.05) is 19.0 Å². The first-order valence-corrected chi connectivity index (χ1v) is 7.16. The molecule has 2 rings (SSSR count). The number of ether oxygens (including phenoxy) is 1. The van der Waals surface area contributed by atoms with Crippen molar-refractivity contribution < 1.29 is 14.6 Å². The van der Waals surface area contributed by atoms with Gasteiger partial charge in [-0.15, -0.1) is 11.3 Å². The van der Waals surface area contributed by atoms with Crippen molar-refractivity contribution >= 4 is 22.9 Å². The standard InChI is InChI=1S/C16H15NO3S/c1-11-8-13(20-2)5-6-15(11)17-16(19)12-9-14(21-10-12)4-3-7-18/h5-6,8-10,18H,7H2,1-2H3,(H,17,19). The van der Waals surface area contributed by atoms with Crippen LogP contribution in [-0.4, -0.2) is 24.7 Å². The fourth-order valence-corrected chi connectivity index (χ4v) is 2.50. The number of carbonyl (C=O) groups excluding carboxylic acids is 1. The number of anilines is 1. The minimum atomic E-state index is -0.190. The highest BCUT2D eigenvalue weighted by Gasteiger charge is 2.10. The smallest absolute Gasteiger partial charge is 0.256 e. The van der Waals surface area contributed by atoms with E-state index in [2.05, 4.69) is 17.2 Å². The number of aryl methyl sites for hydroxylation is 1. The monoisotopic (exact) mass is 301 g/mol. The molecule has 5 heteroatoms. The Morgan fingerprint density at radius 1 is 1.43 bits per heavy atom. The molecule has 0 unspecified atom stereocenters. The number of carbonyl (C=O) groups is 1. The van der Waals surface area contributed by atoms with E-state index in [9.17, 15) is 4.79 Å². The second-order valence-corrected chi connectivity index (χ2v) is 5.21. The third kappa shape index (κ3) is 3.85. The zero-order chi connectivity index (χ0) is 15.2. The van der Waals surface area contributed by atoms with Crippen LogP contribution >= 0.6 is 11.3 Å². The summed E-state index contributed by atoms with van der Waals surface area (Å²) in [5.41, 5.74) is 2.23. The van der Waals surface area contributed by atoms with Gasteiger partial charge in [-0.2, -0.15) is 0 Å². The predicted molar refractivity (Wildman–Crippen MR) is 84.0 cm³/mol. The van der Waals surface area contributed by atoms with Crippen LogP contribution in [0.15, 0.2) is 29.6 Å². The number of methoxy groups -OCH3 is 1. The molecule has 1 aromatic carbocycles. The minimum Gasteiger partial charge on any atom is -0.497 e. The van der Waals surface area contributed by atoms with E-state index in [1.165, 1.54) is 11.3 Å². The van der Waals surface area contributed by atoms with Crippen LogP contribution in [-0.2, 0) is 0 Å². The normalized spacial score (nSPS) is 9.67. The van der Waals surface area contributed by atoms with Gasteiger partial charge in [0.05, 0.1) is 17.6 Å². The number of benzene rings is 1. The number of rotatable bonds is 3. The van der Waals surface area contributed by atoms with Crippen molar-refractivity contribution in [3.8, 4) is 17.6 Å². The number of nitrogens with one attached hydrogen (secondary N) is 1. The van der Waals surface area contributed by atoms with Gasteiger partial charge in [-0.3, -0.25) is 4.79 Å².